The average Bonchev–Trinajstić information content (AvgIpc) is 3.74. The smallest absolute Gasteiger partial charge is 0.308 e. The molecule has 0 saturated heterocycles. The van der Waals surface area contributed by atoms with Gasteiger partial charge in [0.2, 0.25) is 11.8 Å². The van der Waals surface area contributed by atoms with E-state index in [9.17, 15) is 19.2 Å². The Hall–Kier alpha value is -3.18. The van der Waals surface area contributed by atoms with Crippen LogP contribution in [-0.4, -0.2) is 48.6 Å². The quantitative estimate of drug-likeness (QED) is 0.115. The molecule has 2 aliphatic heterocycles. The van der Waals surface area contributed by atoms with Gasteiger partial charge in [0.25, 0.3) is 0 Å². The normalized spacial score (nSPS) is 25.4. The van der Waals surface area contributed by atoms with Gasteiger partial charge in [-0.25, -0.2) is 0 Å². The van der Waals surface area contributed by atoms with Gasteiger partial charge < -0.3 is 19.3 Å². The van der Waals surface area contributed by atoms with E-state index < -0.39 is 22.8 Å². The summed E-state index contributed by atoms with van der Waals surface area (Å²) in [7, 11) is 0. The van der Waals surface area contributed by atoms with Crippen LogP contribution in [0.5, 0.6) is 11.5 Å². The lowest BCUT2D eigenvalue weighted by atomic mass is 9.34. The minimum absolute atomic E-state index is 0.00439. The van der Waals surface area contributed by atoms with E-state index >= 15 is 0 Å². The van der Waals surface area contributed by atoms with Gasteiger partial charge in [-0.05, 0) is 66.1 Å². The van der Waals surface area contributed by atoms with Gasteiger partial charge >= 0.3 is 11.9 Å². The van der Waals surface area contributed by atoms with Crippen molar-refractivity contribution in [3.05, 3.63) is 45.1 Å². The number of carbonyl (C=O) groups is 4. The molecule has 3 fully saturated rings. The Bertz CT molecular complexity index is 1920. The van der Waals surface area contributed by atoms with E-state index in [4.69, 9.17) is 32.7 Å². The first kappa shape index (κ1) is 31.1. The summed E-state index contributed by atoms with van der Waals surface area (Å²) < 4.78 is 13.0. The second-order valence-corrected chi connectivity index (χ2v) is 16.0. The van der Waals surface area contributed by atoms with Crippen molar-refractivity contribution < 1.29 is 28.7 Å². The van der Waals surface area contributed by atoms with Crippen molar-refractivity contribution in [2.24, 2.45) is 10.8 Å². The maximum atomic E-state index is 14.4. The third kappa shape index (κ3) is 4.30. The number of alkyl halides is 2. The average molecular weight is 712 g/mol. The number of halogens is 2. The van der Waals surface area contributed by atoms with Gasteiger partial charge in [0.15, 0.2) is 11.5 Å². The Morgan fingerprint density at radius 2 is 1.13 bits per heavy atom. The molecule has 2 atom stereocenters. The molecule has 244 valence electrons. The van der Waals surface area contributed by atoms with Gasteiger partial charge in [-0.2, -0.15) is 0 Å². The summed E-state index contributed by atoms with van der Waals surface area (Å²) in [5.74, 6) is 0.644. The van der Waals surface area contributed by atoms with E-state index in [0.29, 0.717) is 55.6 Å². The first-order valence-corrected chi connectivity index (χ1v) is 18.5. The van der Waals surface area contributed by atoms with E-state index in [1.54, 1.807) is 0 Å². The molecule has 0 N–H and O–H groups in total. The lowest BCUT2D eigenvalue weighted by Gasteiger charge is -2.69. The SMILES string of the molecule is CC(=O)Oc1cc2c(c3c(C)csc13)C(CCl)CN2C(=O)C12CC(C(=O)N3C[C@H](CCl)c4c3cc(OC(C)=O)c3scc(C)c43)(C1)C2. The first-order chi connectivity index (χ1) is 22.4. The predicted octanol–water partition coefficient (Wildman–Crippen LogP) is 7.79. The number of benzene rings is 2. The number of hydrogen-bond donors (Lipinski definition) is 0. The number of anilines is 2. The molecule has 3 aliphatic carbocycles. The van der Waals surface area contributed by atoms with Crippen LogP contribution in [-0.2, 0) is 19.2 Å². The molecule has 2 bridgehead atoms. The molecule has 2 aromatic carbocycles. The zero-order chi connectivity index (χ0) is 33.2. The maximum Gasteiger partial charge on any atom is 0.308 e. The molecule has 5 aliphatic rings. The van der Waals surface area contributed by atoms with Crippen LogP contribution < -0.4 is 19.3 Å². The molecule has 12 heteroatoms. The van der Waals surface area contributed by atoms with Gasteiger partial charge in [0.1, 0.15) is 0 Å². The molecular weight excluding hydrogens is 679 g/mol. The highest BCUT2D eigenvalue weighted by atomic mass is 35.5. The Kier molecular flexibility index (Phi) is 7.06. The highest BCUT2D eigenvalue weighted by Crippen LogP contribution is 2.75. The van der Waals surface area contributed by atoms with Crippen LogP contribution in [0.15, 0.2) is 22.9 Å². The van der Waals surface area contributed by atoms with Crippen LogP contribution in [0.2, 0.25) is 0 Å². The summed E-state index contributed by atoms with van der Waals surface area (Å²) in [6.07, 6.45) is 1.42. The number of amides is 2. The fourth-order valence-electron chi connectivity index (χ4n) is 8.72. The van der Waals surface area contributed by atoms with Crippen molar-refractivity contribution in [3.63, 3.8) is 0 Å². The van der Waals surface area contributed by atoms with Crippen LogP contribution in [0.25, 0.3) is 20.2 Å². The van der Waals surface area contributed by atoms with Crippen molar-refractivity contribution >= 4 is 101 Å². The summed E-state index contributed by atoms with van der Waals surface area (Å²) in [4.78, 5) is 56.4. The van der Waals surface area contributed by atoms with Gasteiger partial charge in [-0.1, -0.05) is 0 Å². The van der Waals surface area contributed by atoms with Gasteiger partial charge in [0.05, 0.1) is 31.6 Å². The van der Waals surface area contributed by atoms with Crippen molar-refractivity contribution in [2.45, 2.75) is 58.8 Å². The minimum atomic E-state index is -0.625. The molecule has 47 heavy (non-hydrogen) atoms. The first-order valence-electron chi connectivity index (χ1n) is 15.6. The number of aryl methyl sites for hydroxylation is 2. The maximum absolute atomic E-state index is 14.4. The summed E-state index contributed by atoms with van der Waals surface area (Å²) in [5.41, 5.74) is 4.39. The Balaban J connectivity index is 1.10. The van der Waals surface area contributed by atoms with Crippen LogP contribution in [0, 0.1) is 24.7 Å². The highest BCUT2D eigenvalue weighted by Gasteiger charge is 2.76. The minimum Gasteiger partial charge on any atom is -0.425 e. The third-order valence-corrected chi connectivity index (χ3v) is 13.5. The van der Waals surface area contributed by atoms with E-state index in [1.807, 2.05) is 46.5 Å². The van der Waals surface area contributed by atoms with E-state index in [1.165, 1.54) is 36.5 Å². The molecule has 4 aromatic rings. The number of fused-ring (bicyclic) bond motifs is 6. The molecule has 0 radical (unpaired) electrons. The number of thiophene rings is 2. The molecule has 8 nitrogen and oxygen atoms in total. The van der Waals surface area contributed by atoms with E-state index in [0.717, 1.165) is 53.8 Å². The Labute approximate surface area is 289 Å². The van der Waals surface area contributed by atoms with Crippen molar-refractivity contribution in [1.82, 2.24) is 0 Å². The molecule has 0 spiro atoms. The number of nitrogens with zero attached hydrogens (tertiary/aromatic N) is 2. The molecular formula is C35H32Cl2N2O6S2. The zero-order valence-corrected chi connectivity index (χ0v) is 29.5. The fraction of sp³-hybridized carbons (Fsp3) is 0.429. The second kappa shape index (κ2) is 10.7. The highest BCUT2D eigenvalue weighted by molar-refractivity contribution is 7.18. The number of ether oxygens (including phenoxy) is 2. The fourth-order valence-corrected chi connectivity index (χ4v) is 11.3. The molecule has 2 amide bonds. The van der Waals surface area contributed by atoms with Crippen molar-refractivity contribution in [1.29, 1.82) is 0 Å². The van der Waals surface area contributed by atoms with E-state index in [-0.39, 0.29) is 23.7 Å². The molecule has 4 heterocycles. The van der Waals surface area contributed by atoms with Crippen molar-refractivity contribution in [2.75, 3.05) is 34.6 Å². The molecule has 2 aromatic heterocycles. The van der Waals surface area contributed by atoms with Crippen LogP contribution >= 0.6 is 45.9 Å². The van der Waals surface area contributed by atoms with Crippen LogP contribution in [0.1, 0.15) is 67.2 Å². The predicted molar refractivity (Wildman–Crippen MR) is 186 cm³/mol. The van der Waals surface area contributed by atoms with Crippen molar-refractivity contribution in [3.8, 4) is 11.5 Å². The van der Waals surface area contributed by atoms with Gasteiger partial charge in [0, 0.05) is 73.4 Å². The molecule has 3 saturated carbocycles. The standard InChI is InChI=1S/C35H32Cl2N2O6S2/c1-16-11-46-30-24(44-18(3)40)5-22-28(26(16)30)20(7-36)9-38(22)32(42)34-13-35(14-34,15-34)33(43)39-10-21(8-37)29-23(39)6-25(45-19(4)41)31-27(29)17(2)12-47-31/h5-6,11-12,20-21H,7-10,13-15H2,1-4H3/t20-,21?,34?,35?/m0/s1. The zero-order valence-electron chi connectivity index (χ0n) is 26.3. The van der Waals surface area contributed by atoms with E-state index in [2.05, 4.69) is 0 Å². The summed E-state index contributed by atoms with van der Waals surface area (Å²) in [6.45, 7) is 7.68. The van der Waals surface area contributed by atoms with Crippen LogP contribution in [0.4, 0.5) is 11.4 Å². The lowest BCUT2D eigenvalue weighted by Crippen LogP contribution is -2.73. The molecule has 1 unspecified atom stereocenters. The van der Waals surface area contributed by atoms with Gasteiger partial charge in [-0.15, -0.1) is 45.9 Å². The monoisotopic (exact) mass is 710 g/mol. The number of rotatable bonds is 6. The largest absolute Gasteiger partial charge is 0.425 e. The number of esters is 2. The number of hydrogen-bond acceptors (Lipinski definition) is 8. The third-order valence-electron chi connectivity index (χ3n) is 10.5. The summed E-state index contributed by atoms with van der Waals surface area (Å²) in [5, 5.41) is 6.07. The topological polar surface area (TPSA) is 93.2 Å². The summed E-state index contributed by atoms with van der Waals surface area (Å²) in [6, 6.07) is 3.63. The molecule has 9 rings (SSSR count). The summed E-state index contributed by atoms with van der Waals surface area (Å²) >= 11 is 16.0. The number of carbonyl (C=O) groups excluding carboxylic acids is 4. The Morgan fingerprint density at radius 3 is 1.47 bits per heavy atom. The second-order valence-electron chi connectivity index (χ2n) is 13.7. The van der Waals surface area contributed by atoms with Crippen LogP contribution in [0.3, 0.4) is 0 Å². The van der Waals surface area contributed by atoms with Gasteiger partial charge in [-0.3, -0.25) is 19.2 Å². The lowest BCUT2D eigenvalue weighted by molar-refractivity contribution is -0.205. The Morgan fingerprint density at radius 1 is 0.745 bits per heavy atom.